The first-order valence-electron chi connectivity index (χ1n) is 4.77. The second kappa shape index (κ2) is 2.91. The van der Waals surface area contributed by atoms with Gasteiger partial charge in [-0.15, -0.1) is 0 Å². The Morgan fingerprint density at radius 2 is 1.85 bits per heavy atom. The van der Waals surface area contributed by atoms with Crippen LogP contribution in [0.1, 0.15) is 31.2 Å². The monoisotopic (exact) mass is 173 g/mol. The minimum Gasteiger partial charge on any atom is -0.318 e. The van der Waals surface area contributed by atoms with Crippen molar-refractivity contribution in [1.82, 2.24) is 4.40 Å². The van der Waals surface area contributed by atoms with E-state index in [0.717, 1.165) is 0 Å². The largest absolute Gasteiger partial charge is 0.318 e. The Morgan fingerprint density at radius 1 is 1.08 bits per heavy atom. The summed E-state index contributed by atoms with van der Waals surface area (Å²) in [5.74, 6) is 0.587. The molecule has 0 aliphatic heterocycles. The number of aromatic nitrogens is 1. The van der Waals surface area contributed by atoms with Crippen molar-refractivity contribution >= 4 is 5.52 Å². The Morgan fingerprint density at radius 3 is 2.54 bits per heavy atom. The molecule has 0 unspecified atom stereocenters. The molecule has 2 aromatic heterocycles. The summed E-state index contributed by atoms with van der Waals surface area (Å²) < 4.78 is 2.32. The van der Waals surface area contributed by atoms with Crippen LogP contribution in [0.5, 0.6) is 0 Å². The van der Waals surface area contributed by atoms with Crippen LogP contribution in [0.4, 0.5) is 0 Å². The quantitative estimate of drug-likeness (QED) is 0.622. The molecule has 1 nitrogen and oxygen atoms in total. The Labute approximate surface area is 79.0 Å². The van der Waals surface area contributed by atoms with Crippen LogP contribution in [0, 0.1) is 6.92 Å². The van der Waals surface area contributed by atoms with Crippen LogP contribution in [0.3, 0.4) is 0 Å². The van der Waals surface area contributed by atoms with Gasteiger partial charge in [0.1, 0.15) is 0 Å². The Hall–Kier alpha value is -1.24. The van der Waals surface area contributed by atoms with E-state index in [9.17, 15) is 0 Å². The van der Waals surface area contributed by atoms with Crippen molar-refractivity contribution in [2.45, 2.75) is 26.7 Å². The second-order valence-electron chi connectivity index (χ2n) is 3.84. The molecule has 0 aliphatic rings. The van der Waals surface area contributed by atoms with Crippen molar-refractivity contribution in [3.63, 3.8) is 0 Å². The average molecular weight is 173 g/mol. The van der Waals surface area contributed by atoms with Gasteiger partial charge in [-0.1, -0.05) is 19.9 Å². The van der Waals surface area contributed by atoms with Gasteiger partial charge in [-0.05, 0) is 37.1 Å². The molecule has 0 amide bonds. The summed E-state index contributed by atoms with van der Waals surface area (Å²) >= 11 is 0. The lowest BCUT2D eigenvalue weighted by atomic mass is 10.1. The summed E-state index contributed by atoms with van der Waals surface area (Å²) in [5.41, 5.74) is 4.00. The fourth-order valence-electron chi connectivity index (χ4n) is 1.82. The van der Waals surface area contributed by atoms with Gasteiger partial charge in [0.2, 0.25) is 0 Å². The summed E-state index contributed by atoms with van der Waals surface area (Å²) in [6.45, 7) is 6.61. The maximum absolute atomic E-state index is 2.32. The molecule has 0 radical (unpaired) electrons. The normalized spacial score (nSPS) is 11.4. The zero-order valence-electron chi connectivity index (χ0n) is 8.41. The van der Waals surface area contributed by atoms with Gasteiger partial charge in [0.15, 0.2) is 0 Å². The van der Waals surface area contributed by atoms with Gasteiger partial charge in [0.05, 0.1) is 0 Å². The van der Waals surface area contributed by atoms with Crippen molar-refractivity contribution in [3.8, 4) is 0 Å². The molecule has 2 heterocycles. The third-order valence-electron chi connectivity index (χ3n) is 2.49. The molecule has 0 saturated heterocycles. The highest BCUT2D eigenvalue weighted by Gasteiger charge is 2.05. The maximum Gasteiger partial charge on any atom is 0.0455 e. The molecule has 68 valence electrons. The topological polar surface area (TPSA) is 4.41 Å². The molecular formula is C12H15N. The van der Waals surface area contributed by atoms with Gasteiger partial charge >= 0.3 is 0 Å². The molecule has 0 aromatic carbocycles. The van der Waals surface area contributed by atoms with Gasteiger partial charge in [-0.25, -0.2) is 0 Å². The minimum absolute atomic E-state index is 0.587. The average Bonchev–Trinajstić information content (AvgIpc) is 2.49. The second-order valence-corrected chi connectivity index (χ2v) is 3.84. The summed E-state index contributed by atoms with van der Waals surface area (Å²) in [7, 11) is 0. The molecule has 0 aliphatic carbocycles. The van der Waals surface area contributed by atoms with E-state index in [4.69, 9.17) is 0 Å². The van der Waals surface area contributed by atoms with Crippen LogP contribution < -0.4 is 0 Å². The Balaban J connectivity index is 2.79. The molecule has 0 fully saturated rings. The van der Waals surface area contributed by atoms with Crippen LogP contribution in [0.2, 0.25) is 0 Å². The number of rotatable bonds is 1. The number of hydrogen-bond donors (Lipinski definition) is 0. The minimum atomic E-state index is 0.587. The number of fused-ring (bicyclic) bond motifs is 1. The highest BCUT2D eigenvalue weighted by Crippen LogP contribution is 2.19. The first-order valence-corrected chi connectivity index (χ1v) is 4.77. The van der Waals surface area contributed by atoms with Crippen LogP contribution in [0.15, 0.2) is 30.3 Å². The first-order chi connectivity index (χ1) is 6.20. The molecule has 0 N–H and O–H groups in total. The van der Waals surface area contributed by atoms with Crippen LogP contribution >= 0.6 is 0 Å². The van der Waals surface area contributed by atoms with Gasteiger partial charge in [0, 0.05) is 16.9 Å². The van der Waals surface area contributed by atoms with E-state index < -0.39 is 0 Å². The van der Waals surface area contributed by atoms with Crippen LogP contribution in [-0.4, -0.2) is 4.40 Å². The fourth-order valence-corrected chi connectivity index (χ4v) is 1.82. The molecule has 0 atom stereocenters. The summed E-state index contributed by atoms with van der Waals surface area (Å²) in [5, 5.41) is 0. The lowest BCUT2D eigenvalue weighted by Crippen LogP contribution is -1.97. The van der Waals surface area contributed by atoms with E-state index in [2.05, 4.69) is 55.5 Å². The van der Waals surface area contributed by atoms with E-state index in [1.54, 1.807) is 0 Å². The standard InChI is InChI=1S/C12H15N/c1-9(2)12-8-7-11-6-4-5-10(3)13(11)12/h4-9H,1-3H3. The van der Waals surface area contributed by atoms with Gasteiger partial charge in [0.25, 0.3) is 0 Å². The van der Waals surface area contributed by atoms with Crippen LogP contribution in [0.25, 0.3) is 5.52 Å². The SMILES string of the molecule is Cc1cccc2ccc(C(C)C)n12. The van der Waals surface area contributed by atoms with Crippen molar-refractivity contribution in [3.05, 3.63) is 41.7 Å². The number of aryl methyl sites for hydroxylation is 1. The molecular weight excluding hydrogens is 158 g/mol. The molecule has 2 aromatic rings. The smallest absolute Gasteiger partial charge is 0.0455 e. The van der Waals surface area contributed by atoms with Crippen molar-refractivity contribution in [2.24, 2.45) is 0 Å². The highest BCUT2D eigenvalue weighted by molar-refractivity contribution is 5.51. The molecule has 0 spiro atoms. The lowest BCUT2D eigenvalue weighted by molar-refractivity contribution is 0.799. The van der Waals surface area contributed by atoms with E-state index >= 15 is 0 Å². The van der Waals surface area contributed by atoms with Gasteiger partial charge in [-0.2, -0.15) is 0 Å². The highest BCUT2D eigenvalue weighted by atomic mass is 14.9. The molecule has 1 heteroatoms. The predicted molar refractivity (Wildman–Crippen MR) is 56.2 cm³/mol. The number of pyridine rings is 1. The third kappa shape index (κ3) is 1.24. The van der Waals surface area contributed by atoms with Crippen LogP contribution in [-0.2, 0) is 0 Å². The fraction of sp³-hybridized carbons (Fsp3) is 0.333. The van der Waals surface area contributed by atoms with Gasteiger partial charge in [-0.3, -0.25) is 0 Å². The zero-order valence-corrected chi connectivity index (χ0v) is 8.41. The van der Waals surface area contributed by atoms with E-state index in [0.29, 0.717) is 5.92 Å². The summed E-state index contributed by atoms with van der Waals surface area (Å²) in [6, 6.07) is 10.8. The molecule has 13 heavy (non-hydrogen) atoms. The maximum atomic E-state index is 2.32. The summed E-state index contributed by atoms with van der Waals surface area (Å²) in [4.78, 5) is 0. The Kier molecular flexibility index (Phi) is 1.87. The van der Waals surface area contributed by atoms with Crippen molar-refractivity contribution in [2.75, 3.05) is 0 Å². The van der Waals surface area contributed by atoms with Crippen molar-refractivity contribution in [1.29, 1.82) is 0 Å². The molecule has 2 rings (SSSR count). The van der Waals surface area contributed by atoms with Gasteiger partial charge < -0.3 is 4.40 Å². The Bertz CT molecular complexity index is 424. The number of hydrogen-bond acceptors (Lipinski definition) is 0. The van der Waals surface area contributed by atoms with Crippen molar-refractivity contribution < 1.29 is 0 Å². The van der Waals surface area contributed by atoms with E-state index in [1.807, 2.05) is 0 Å². The number of nitrogens with zero attached hydrogens (tertiary/aromatic N) is 1. The lowest BCUT2D eigenvalue weighted by Gasteiger charge is -2.08. The molecule has 0 saturated carbocycles. The third-order valence-corrected chi connectivity index (χ3v) is 2.49. The van der Waals surface area contributed by atoms with E-state index in [1.165, 1.54) is 16.9 Å². The molecule has 0 bridgehead atoms. The first kappa shape index (κ1) is 8.36. The zero-order chi connectivity index (χ0) is 9.42. The van der Waals surface area contributed by atoms with E-state index in [-0.39, 0.29) is 0 Å². The predicted octanol–water partition coefficient (Wildman–Crippen LogP) is 3.37. The summed E-state index contributed by atoms with van der Waals surface area (Å²) in [6.07, 6.45) is 0.